The van der Waals surface area contributed by atoms with Crippen molar-refractivity contribution >= 4 is 28.7 Å². The lowest BCUT2D eigenvalue weighted by Crippen LogP contribution is -2.31. The van der Waals surface area contributed by atoms with Crippen molar-refractivity contribution in [2.75, 3.05) is 16.8 Å². The quantitative estimate of drug-likeness (QED) is 0.596. The molecule has 7 heteroatoms. The fourth-order valence-corrected chi connectivity index (χ4v) is 4.34. The first-order valence-electron chi connectivity index (χ1n) is 9.42. The number of carbonyl (C=O) groups is 1. The molecule has 1 aliphatic rings. The molecule has 4 nitrogen and oxygen atoms in total. The van der Waals surface area contributed by atoms with Crippen LogP contribution in [0.15, 0.2) is 53.9 Å². The van der Waals surface area contributed by atoms with Gasteiger partial charge < -0.3 is 15.5 Å². The SMILES string of the molecule is CC(NC(=O)Nc1ccc(N2CCc3sccc3C2)cc1)c1ccc(F)c(F)c1. The molecule has 4 rings (SSSR count). The van der Waals surface area contributed by atoms with Crippen molar-refractivity contribution in [3.63, 3.8) is 0 Å². The normalized spacial score (nSPS) is 14.2. The molecule has 2 N–H and O–H groups in total. The summed E-state index contributed by atoms with van der Waals surface area (Å²) in [5.74, 6) is -1.84. The van der Waals surface area contributed by atoms with E-state index in [1.807, 2.05) is 35.6 Å². The van der Waals surface area contributed by atoms with Gasteiger partial charge in [0.15, 0.2) is 11.6 Å². The molecule has 150 valence electrons. The van der Waals surface area contributed by atoms with Gasteiger partial charge in [0.05, 0.1) is 6.04 Å². The number of fused-ring (bicyclic) bond motifs is 1. The minimum absolute atomic E-state index is 0.407. The summed E-state index contributed by atoms with van der Waals surface area (Å²) in [6, 6.07) is 12.6. The van der Waals surface area contributed by atoms with Crippen LogP contribution >= 0.6 is 11.3 Å². The number of rotatable bonds is 4. The van der Waals surface area contributed by atoms with Gasteiger partial charge in [-0.1, -0.05) is 6.07 Å². The molecule has 2 heterocycles. The van der Waals surface area contributed by atoms with E-state index in [1.165, 1.54) is 16.5 Å². The molecule has 1 unspecified atom stereocenters. The van der Waals surface area contributed by atoms with E-state index in [4.69, 9.17) is 0 Å². The van der Waals surface area contributed by atoms with E-state index in [-0.39, 0.29) is 0 Å². The van der Waals surface area contributed by atoms with Gasteiger partial charge in [0.1, 0.15) is 0 Å². The maximum absolute atomic E-state index is 13.4. The zero-order valence-corrected chi connectivity index (χ0v) is 16.7. The number of anilines is 2. The molecule has 29 heavy (non-hydrogen) atoms. The summed E-state index contributed by atoms with van der Waals surface area (Å²) in [7, 11) is 0. The molecule has 1 aliphatic heterocycles. The molecular formula is C22H21F2N3OS. The first-order chi connectivity index (χ1) is 14.0. The van der Waals surface area contributed by atoms with E-state index in [9.17, 15) is 13.6 Å². The summed E-state index contributed by atoms with van der Waals surface area (Å²) >= 11 is 1.82. The summed E-state index contributed by atoms with van der Waals surface area (Å²) in [6.45, 7) is 3.59. The predicted octanol–water partition coefficient (Wildman–Crippen LogP) is 5.47. The maximum atomic E-state index is 13.4. The monoisotopic (exact) mass is 413 g/mol. The molecule has 2 aromatic carbocycles. The Bertz CT molecular complexity index is 1020. The number of amides is 2. The van der Waals surface area contributed by atoms with E-state index in [1.54, 1.807) is 6.92 Å². The lowest BCUT2D eigenvalue weighted by atomic mass is 10.1. The number of urea groups is 1. The lowest BCUT2D eigenvalue weighted by Gasteiger charge is -2.29. The molecule has 1 atom stereocenters. The number of nitrogens with one attached hydrogen (secondary N) is 2. The second-order valence-corrected chi connectivity index (χ2v) is 8.08. The van der Waals surface area contributed by atoms with Crippen molar-refractivity contribution in [1.82, 2.24) is 5.32 Å². The topological polar surface area (TPSA) is 44.4 Å². The zero-order chi connectivity index (χ0) is 20.4. The minimum Gasteiger partial charge on any atom is -0.367 e. The molecule has 0 saturated heterocycles. The second kappa shape index (κ2) is 8.21. The van der Waals surface area contributed by atoms with Crippen LogP contribution in [0, 0.1) is 11.6 Å². The highest BCUT2D eigenvalue weighted by Gasteiger charge is 2.17. The van der Waals surface area contributed by atoms with Gasteiger partial charge in [0, 0.05) is 29.3 Å². The van der Waals surface area contributed by atoms with Gasteiger partial charge in [0.2, 0.25) is 0 Å². The Morgan fingerprint density at radius 3 is 2.66 bits per heavy atom. The Balaban J connectivity index is 1.35. The van der Waals surface area contributed by atoms with Gasteiger partial charge in [-0.15, -0.1) is 11.3 Å². The molecule has 0 spiro atoms. The third-order valence-corrected chi connectivity index (χ3v) is 6.11. The zero-order valence-electron chi connectivity index (χ0n) is 15.9. The van der Waals surface area contributed by atoms with Crippen molar-refractivity contribution in [3.05, 3.63) is 81.5 Å². The van der Waals surface area contributed by atoms with Gasteiger partial charge >= 0.3 is 6.03 Å². The van der Waals surface area contributed by atoms with Crippen LogP contribution in [0.5, 0.6) is 0 Å². The molecule has 2 amide bonds. The summed E-state index contributed by atoms with van der Waals surface area (Å²) in [6.07, 6.45) is 1.05. The van der Waals surface area contributed by atoms with E-state index in [2.05, 4.69) is 27.0 Å². The Morgan fingerprint density at radius 2 is 1.90 bits per heavy atom. The molecular weight excluding hydrogens is 392 g/mol. The smallest absolute Gasteiger partial charge is 0.319 e. The van der Waals surface area contributed by atoms with Crippen molar-refractivity contribution < 1.29 is 13.6 Å². The van der Waals surface area contributed by atoms with E-state index < -0.39 is 23.7 Å². The average Bonchev–Trinajstić information content (AvgIpc) is 3.18. The number of halogens is 2. The Morgan fingerprint density at radius 1 is 1.10 bits per heavy atom. The summed E-state index contributed by atoms with van der Waals surface area (Å²) in [4.78, 5) is 16.0. The van der Waals surface area contributed by atoms with Crippen molar-refractivity contribution in [2.45, 2.75) is 25.9 Å². The molecule has 0 bridgehead atoms. The highest BCUT2D eigenvalue weighted by molar-refractivity contribution is 7.10. The standard InChI is InChI=1S/C22H21F2N3OS/c1-14(15-2-7-19(23)20(24)12-15)25-22(28)26-17-3-5-18(6-4-17)27-10-8-21-16(13-27)9-11-29-21/h2-7,9,11-12,14H,8,10,13H2,1H3,(H2,25,26,28). The molecule has 0 fully saturated rings. The Kier molecular flexibility index (Phi) is 5.49. The van der Waals surface area contributed by atoms with Gasteiger partial charge in [-0.05, 0) is 72.3 Å². The Hall–Kier alpha value is -2.93. The van der Waals surface area contributed by atoms with Crippen molar-refractivity contribution in [3.8, 4) is 0 Å². The van der Waals surface area contributed by atoms with E-state index >= 15 is 0 Å². The van der Waals surface area contributed by atoms with Crippen molar-refractivity contribution in [1.29, 1.82) is 0 Å². The predicted molar refractivity (Wildman–Crippen MR) is 112 cm³/mol. The van der Waals surface area contributed by atoms with Gasteiger partial charge in [-0.2, -0.15) is 0 Å². The third kappa shape index (κ3) is 4.40. The summed E-state index contributed by atoms with van der Waals surface area (Å²) in [5.41, 5.74) is 3.65. The number of thiophene rings is 1. The van der Waals surface area contributed by atoms with Crippen LogP contribution in [0.2, 0.25) is 0 Å². The van der Waals surface area contributed by atoms with Crippen LogP contribution in [-0.2, 0) is 13.0 Å². The number of carbonyl (C=O) groups excluding carboxylic acids is 1. The molecule has 1 aromatic heterocycles. The summed E-state index contributed by atoms with van der Waals surface area (Å²) < 4.78 is 26.4. The van der Waals surface area contributed by atoms with Crippen LogP contribution in [0.3, 0.4) is 0 Å². The van der Waals surface area contributed by atoms with Crippen LogP contribution < -0.4 is 15.5 Å². The second-order valence-electron chi connectivity index (χ2n) is 7.08. The minimum atomic E-state index is -0.931. The number of nitrogens with zero attached hydrogens (tertiary/aromatic N) is 1. The molecule has 0 radical (unpaired) electrons. The van der Waals surface area contributed by atoms with Crippen LogP contribution in [0.25, 0.3) is 0 Å². The van der Waals surface area contributed by atoms with Crippen LogP contribution in [-0.4, -0.2) is 12.6 Å². The highest BCUT2D eigenvalue weighted by Crippen LogP contribution is 2.28. The van der Waals surface area contributed by atoms with Gasteiger partial charge in [-0.25, -0.2) is 13.6 Å². The molecule has 3 aromatic rings. The third-order valence-electron chi connectivity index (χ3n) is 5.09. The largest absolute Gasteiger partial charge is 0.367 e. The van der Waals surface area contributed by atoms with E-state index in [0.29, 0.717) is 11.3 Å². The van der Waals surface area contributed by atoms with Gasteiger partial charge in [-0.3, -0.25) is 0 Å². The fourth-order valence-electron chi connectivity index (χ4n) is 3.45. The van der Waals surface area contributed by atoms with Crippen LogP contribution in [0.4, 0.5) is 25.0 Å². The van der Waals surface area contributed by atoms with Gasteiger partial charge in [0.25, 0.3) is 0 Å². The number of hydrogen-bond acceptors (Lipinski definition) is 3. The maximum Gasteiger partial charge on any atom is 0.319 e. The Labute approximate surface area is 172 Å². The number of hydrogen-bond donors (Lipinski definition) is 2. The lowest BCUT2D eigenvalue weighted by molar-refractivity contribution is 0.249. The first-order valence-corrected chi connectivity index (χ1v) is 10.3. The van der Waals surface area contributed by atoms with Crippen LogP contribution in [0.1, 0.15) is 29.0 Å². The molecule has 0 saturated carbocycles. The van der Waals surface area contributed by atoms with E-state index in [0.717, 1.165) is 37.3 Å². The average molecular weight is 413 g/mol. The summed E-state index contributed by atoms with van der Waals surface area (Å²) in [5, 5.41) is 7.64. The number of benzene rings is 2. The fraction of sp³-hybridized carbons (Fsp3) is 0.227. The van der Waals surface area contributed by atoms with Crippen molar-refractivity contribution in [2.24, 2.45) is 0 Å². The molecule has 0 aliphatic carbocycles. The highest BCUT2D eigenvalue weighted by atomic mass is 32.1. The first kappa shape index (κ1) is 19.4.